The summed E-state index contributed by atoms with van der Waals surface area (Å²) in [6.45, 7) is -0.286. The molecule has 0 saturated heterocycles. The standard InChI is InChI=1S/C15H11F8N5S/c1-7-4-28-11(29)9(10(14(18,19)20)25-12(28)26(7)2)8-3-24-27(5-8)6-13(16,17)15(21,22)23/h3-5H,6H2,1-2H3. The van der Waals surface area contributed by atoms with Gasteiger partial charge in [-0.3, -0.25) is 9.08 Å². The Balaban J connectivity index is 2.19. The molecule has 3 heterocycles. The topological polar surface area (TPSA) is 40.1 Å². The third-order valence-corrected chi connectivity index (χ3v) is 4.61. The fraction of sp³-hybridized carbons (Fsp3) is 0.400. The summed E-state index contributed by atoms with van der Waals surface area (Å²) in [5, 5.41) is 3.34. The zero-order valence-electron chi connectivity index (χ0n) is 14.6. The first-order valence-electron chi connectivity index (χ1n) is 7.77. The van der Waals surface area contributed by atoms with E-state index < -0.39 is 36.1 Å². The Morgan fingerprint density at radius 1 is 1.03 bits per heavy atom. The van der Waals surface area contributed by atoms with E-state index in [4.69, 9.17) is 12.2 Å². The fourth-order valence-electron chi connectivity index (χ4n) is 2.64. The molecule has 0 spiro atoms. The van der Waals surface area contributed by atoms with Crippen LogP contribution in [0.15, 0.2) is 18.6 Å². The van der Waals surface area contributed by atoms with Crippen molar-refractivity contribution in [1.29, 1.82) is 0 Å². The minimum Gasteiger partial charge on any atom is -0.317 e. The molecule has 0 aliphatic carbocycles. The molecule has 3 rings (SSSR count). The summed E-state index contributed by atoms with van der Waals surface area (Å²) in [6, 6.07) is 0. The third-order valence-electron chi connectivity index (χ3n) is 4.21. The molecule has 5 nitrogen and oxygen atoms in total. The van der Waals surface area contributed by atoms with Gasteiger partial charge in [-0.15, -0.1) is 0 Å². The molecule has 0 N–H and O–H groups in total. The maximum atomic E-state index is 13.6. The molecule has 0 bridgehead atoms. The van der Waals surface area contributed by atoms with Crippen molar-refractivity contribution in [2.24, 2.45) is 7.05 Å². The number of nitrogens with zero attached hydrogens (tertiary/aromatic N) is 5. The third kappa shape index (κ3) is 3.60. The Hall–Kier alpha value is -2.51. The van der Waals surface area contributed by atoms with Crippen LogP contribution in [-0.2, 0) is 19.8 Å². The molecule has 29 heavy (non-hydrogen) atoms. The van der Waals surface area contributed by atoms with Gasteiger partial charge in [-0.2, -0.15) is 40.2 Å². The molecule has 14 heteroatoms. The lowest BCUT2D eigenvalue weighted by Crippen LogP contribution is -2.40. The van der Waals surface area contributed by atoms with Gasteiger partial charge < -0.3 is 4.57 Å². The van der Waals surface area contributed by atoms with E-state index in [2.05, 4.69) is 10.1 Å². The average molecular weight is 445 g/mol. The molecule has 3 aromatic rings. The van der Waals surface area contributed by atoms with Crippen molar-refractivity contribution in [3.05, 3.63) is 34.6 Å². The summed E-state index contributed by atoms with van der Waals surface area (Å²) in [5.41, 5.74) is -1.89. The van der Waals surface area contributed by atoms with Gasteiger partial charge in [0.1, 0.15) is 11.2 Å². The molecule has 0 unspecified atom stereocenters. The number of aryl methyl sites for hydroxylation is 2. The highest BCUT2D eigenvalue weighted by molar-refractivity contribution is 7.71. The summed E-state index contributed by atoms with van der Waals surface area (Å²) in [5.74, 6) is -5.23. The summed E-state index contributed by atoms with van der Waals surface area (Å²) in [6.07, 6.45) is -8.00. The number of halogens is 8. The number of hydrogen-bond donors (Lipinski definition) is 0. The summed E-state index contributed by atoms with van der Waals surface area (Å²) in [4.78, 5) is 3.60. The summed E-state index contributed by atoms with van der Waals surface area (Å²) >= 11 is 5.13. The van der Waals surface area contributed by atoms with Gasteiger partial charge >= 0.3 is 18.3 Å². The lowest BCUT2D eigenvalue weighted by atomic mass is 10.1. The number of hydrogen-bond acceptors (Lipinski definition) is 3. The van der Waals surface area contributed by atoms with Gasteiger partial charge in [-0.25, -0.2) is 4.98 Å². The van der Waals surface area contributed by atoms with Crippen molar-refractivity contribution in [3.63, 3.8) is 0 Å². The highest BCUT2D eigenvalue weighted by atomic mass is 32.1. The van der Waals surface area contributed by atoms with Gasteiger partial charge in [0, 0.05) is 30.7 Å². The molecule has 0 atom stereocenters. The van der Waals surface area contributed by atoms with E-state index in [1.165, 1.54) is 22.2 Å². The van der Waals surface area contributed by atoms with Gasteiger partial charge in [-0.05, 0) is 6.92 Å². The Labute approximate surface area is 162 Å². The zero-order valence-corrected chi connectivity index (χ0v) is 15.4. The first kappa shape index (κ1) is 21.2. The van der Waals surface area contributed by atoms with Crippen LogP contribution < -0.4 is 0 Å². The summed E-state index contributed by atoms with van der Waals surface area (Å²) < 4.78 is 107. The SMILES string of the molecule is Cc1cn2c(=S)c(-c3cnn(CC(F)(F)C(F)(F)F)c3)c(C(F)(F)F)nc2n1C. The minimum atomic E-state index is -5.84. The highest BCUT2D eigenvalue weighted by Gasteiger charge is 2.57. The number of rotatable bonds is 3. The van der Waals surface area contributed by atoms with E-state index >= 15 is 0 Å². The van der Waals surface area contributed by atoms with Crippen LogP contribution in [0.2, 0.25) is 0 Å². The van der Waals surface area contributed by atoms with Crippen LogP contribution in [0, 0.1) is 11.6 Å². The first-order valence-corrected chi connectivity index (χ1v) is 8.17. The Kier molecular flexibility index (Phi) is 4.75. The first-order chi connectivity index (χ1) is 13.1. The van der Waals surface area contributed by atoms with Crippen LogP contribution >= 0.6 is 12.2 Å². The van der Waals surface area contributed by atoms with E-state index in [9.17, 15) is 35.1 Å². The second kappa shape index (κ2) is 6.50. The van der Waals surface area contributed by atoms with E-state index in [-0.39, 0.29) is 20.7 Å². The molecule has 0 amide bonds. The van der Waals surface area contributed by atoms with Gasteiger partial charge in [-0.1, -0.05) is 12.2 Å². The van der Waals surface area contributed by atoms with Crippen LogP contribution in [0.4, 0.5) is 35.1 Å². The monoisotopic (exact) mass is 445 g/mol. The molecule has 158 valence electrons. The Bertz CT molecular complexity index is 1130. The van der Waals surface area contributed by atoms with Crippen molar-refractivity contribution in [2.45, 2.75) is 31.7 Å². The maximum absolute atomic E-state index is 13.6. The van der Waals surface area contributed by atoms with E-state index in [0.29, 0.717) is 11.9 Å². The number of imidazole rings is 1. The molecular weight excluding hydrogens is 434 g/mol. The average Bonchev–Trinajstić information content (AvgIpc) is 3.11. The van der Waals surface area contributed by atoms with Gasteiger partial charge in [0.25, 0.3) is 0 Å². The molecule has 0 aliphatic rings. The number of aromatic nitrogens is 5. The molecular formula is C15H11F8N5S. The number of fused-ring (bicyclic) bond motifs is 1. The second-order valence-corrected chi connectivity index (χ2v) is 6.65. The maximum Gasteiger partial charge on any atom is 0.455 e. The van der Waals surface area contributed by atoms with Crippen LogP contribution in [0.3, 0.4) is 0 Å². The predicted molar refractivity (Wildman–Crippen MR) is 87.0 cm³/mol. The predicted octanol–water partition coefficient (Wildman–Crippen LogP) is 4.79. The fourth-order valence-corrected chi connectivity index (χ4v) is 2.99. The van der Waals surface area contributed by atoms with Crippen molar-refractivity contribution < 1.29 is 35.1 Å². The van der Waals surface area contributed by atoms with Crippen LogP contribution in [0.5, 0.6) is 0 Å². The lowest BCUT2D eigenvalue weighted by molar-refractivity contribution is -0.287. The van der Waals surface area contributed by atoms with Gasteiger partial charge in [0.2, 0.25) is 5.78 Å². The van der Waals surface area contributed by atoms with Crippen LogP contribution in [0.1, 0.15) is 11.4 Å². The molecule has 0 fully saturated rings. The van der Waals surface area contributed by atoms with E-state index in [1.807, 2.05) is 0 Å². The van der Waals surface area contributed by atoms with Crippen molar-refractivity contribution >= 4 is 18.0 Å². The van der Waals surface area contributed by atoms with Gasteiger partial charge in [0.15, 0.2) is 5.69 Å². The molecule has 0 radical (unpaired) electrons. The second-order valence-electron chi connectivity index (χ2n) is 6.27. The quantitative estimate of drug-likeness (QED) is 0.430. The molecule has 0 aromatic carbocycles. The molecule has 3 aromatic heterocycles. The highest BCUT2D eigenvalue weighted by Crippen LogP contribution is 2.39. The van der Waals surface area contributed by atoms with Crippen molar-refractivity contribution in [3.8, 4) is 11.1 Å². The van der Waals surface area contributed by atoms with Crippen molar-refractivity contribution in [1.82, 2.24) is 23.7 Å². The molecule has 0 aliphatic heterocycles. The minimum absolute atomic E-state index is 0.112. The molecule has 0 saturated carbocycles. The van der Waals surface area contributed by atoms with E-state index in [1.54, 1.807) is 6.92 Å². The number of alkyl halides is 8. The smallest absolute Gasteiger partial charge is 0.317 e. The Morgan fingerprint density at radius 3 is 2.21 bits per heavy atom. The normalized spacial score (nSPS) is 13.4. The lowest BCUT2D eigenvalue weighted by Gasteiger charge is -2.19. The zero-order chi connectivity index (χ0) is 21.9. The van der Waals surface area contributed by atoms with Crippen LogP contribution in [-0.4, -0.2) is 35.8 Å². The Morgan fingerprint density at radius 2 is 1.66 bits per heavy atom. The van der Waals surface area contributed by atoms with Crippen molar-refractivity contribution in [2.75, 3.05) is 0 Å². The van der Waals surface area contributed by atoms with Crippen LogP contribution in [0.25, 0.3) is 16.9 Å². The summed E-state index contributed by atoms with van der Waals surface area (Å²) in [7, 11) is 1.48. The largest absolute Gasteiger partial charge is 0.455 e. The van der Waals surface area contributed by atoms with Gasteiger partial charge in [0.05, 0.1) is 11.8 Å². The van der Waals surface area contributed by atoms with E-state index in [0.717, 1.165) is 6.20 Å².